The van der Waals surface area contributed by atoms with E-state index in [4.69, 9.17) is 18.9 Å². The van der Waals surface area contributed by atoms with Gasteiger partial charge in [-0.05, 0) is 48.6 Å². The molecule has 4 heterocycles. The van der Waals surface area contributed by atoms with Gasteiger partial charge in [0.25, 0.3) is 0 Å². The molecule has 5 aliphatic rings. The first-order chi connectivity index (χ1) is 20.4. The van der Waals surface area contributed by atoms with Crippen molar-refractivity contribution in [2.24, 2.45) is 17.8 Å². The molecular weight excluding hydrogens is 538 g/mol. The van der Waals surface area contributed by atoms with E-state index in [1.807, 2.05) is 30.4 Å². The second kappa shape index (κ2) is 10.3. The minimum absolute atomic E-state index is 0.0268. The zero-order valence-electron chi connectivity index (χ0n) is 23.7. The highest BCUT2D eigenvalue weighted by molar-refractivity contribution is 6.02. The summed E-state index contributed by atoms with van der Waals surface area (Å²) in [6.45, 7) is 2.46. The number of methoxy groups -OCH3 is 1. The highest BCUT2D eigenvalue weighted by atomic mass is 16.7. The van der Waals surface area contributed by atoms with Crippen molar-refractivity contribution in [3.63, 3.8) is 0 Å². The number of carbonyl (C=O) groups excluding carboxylic acids is 3. The number of nitrogens with zero attached hydrogens (tertiary/aromatic N) is 1. The fraction of sp³-hybridized carbons (Fsp3) is 0.469. The number of amides is 3. The van der Waals surface area contributed by atoms with Crippen LogP contribution in [0.15, 0.2) is 54.6 Å². The Labute approximate surface area is 244 Å². The Hall–Kier alpha value is -4.05. The number of hydrogen-bond acceptors (Lipinski definition) is 7. The summed E-state index contributed by atoms with van der Waals surface area (Å²) in [6, 6.07) is 11.7. The molecule has 1 saturated carbocycles. The summed E-state index contributed by atoms with van der Waals surface area (Å²) in [4.78, 5) is 43.8. The van der Waals surface area contributed by atoms with Crippen LogP contribution in [0.3, 0.4) is 0 Å². The normalized spacial score (nSPS) is 32.1. The van der Waals surface area contributed by atoms with Crippen LogP contribution in [0.5, 0.6) is 17.2 Å². The molecule has 2 aromatic carbocycles. The van der Waals surface area contributed by atoms with Gasteiger partial charge in [-0.3, -0.25) is 14.4 Å². The van der Waals surface area contributed by atoms with Crippen molar-refractivity contribution in [1.29, 1.82) is 0 Å². The van der Waals surface area contributed by atoms with E-state index < -0.39 is 29.6 Å². The minimum Gasteiger partial charge on any atom is -0.497 e. The van der Waals surface area contributed by atoms with Gasteiger partial charge < -0.3 is 34.5 Å². The molecule has 2 saturated heterocycles. The fourth-order valence-corrected chi connectivity index (χ4v) is 7.39. The van der Waals surface area contributed by atoms with Crippen LogP contribution in [0.4, 0.5) is 5.69 Å². The number of anilines is 1. The number of nitrogens with one attached hydrogen (secondary N) is 2. The SMILES string of the molecule is COc1cccc(NC(=O)C2[C@H]3C=CC4(O3)C(C(=O)NC3CCCCC3C)N(Cc3ccc5c(c3)OCO5)C(=O)[C@@H]24)c1. The summed E-state index contributed by atoms with van der Waals surface area (Å²) in [5.74, 6) is -0.300. The van der Waals surface area contributed by atoms with Crippen LogP contribution in [0.1, 0.15) is 38.2 Å². The number of fused-ring (bicyclic) bond motifs is 2. The number of likely N-dealkylation sites (tertiary alicyclic amines) is 1. The number of hydrogen-bond donors (Lipinski definition) is 2. The smallest absolute Gasteiger partial charge is 0.246 e. The van der Waals surface area contributed by atoms with Gasteiger partial charge in [-0.2, -0.15) is 0 Å². The summed E-state index contributed by atoms with van der Waals surface area (Å²) < 4.78 is 22.8. The Bertz CT molecular complexity index is 1460. The average Bonchev–Trinajstić information content (AvgIpc) is 3.75. The molecule has 10 nitrogen and oxygen atoms in total. The van der Waals surface area contributed by atoms with Crippen molar-refractivity contribution in [3.05, 3.63) is 60.2 Å². The van der Waals surface area contributed by atoms with E-state index in [9.17, 15) is 14.4 Å². The second-order valence-electron chi connectivity index (χ2n) is 12.0. The third-order valence-corrected chi connectivity index (χ3v) is 9.49. The van der Waals surface area contributed by atoms with E-state index in [-0.39, 0.29) is 37.1 Å². The zero-order chi connectivity index (χ0) is 29.0. The van der Waals surface area contributed by atoms with Crippen LogP contribution in [-0.4, -0.2) is 60.3 Å². The third-order valence-electron chi connectivity index (χ3n) is 9.49. The van der Waals surface area contributed by atoms with E-state index in [2.05, 4.69) is 17.6 Å². The van der Waals surface area contributed by atoms with Gasteiger partial charge in [-0.1, -0.05) is 44.1 Å². The molecule has 0 aromatic heterocycles. The van der Waals surface area contributed by atoms with E-state index in [1.165, 1.54) is 0 Å². The highest BCUT2D eigenvalue weighted by Gasteiger charge is 2.72. The van der Waals surface area contributed by atoms with Gasteiger partial charge in [0.05, 0.1) is 25.0 Å². The van der Waals surface area contributed by atoms with E-state index in [0.717, 1.165) is 31.2 Å². The quantitative estimate of drug-likeness (QED) is 0.488. The lowest BCUT2D eigenvalue weighted by Gasteiger charge is -2.36. The average molecular weight is 574 g/mol. The van der Waals surface area contributed by atoms with Crippen molar-refractivity contribution in [1.82, 2.24) is 10.2 Å². The Morgan fingerprint density at radius 2 is 1.90 bits per heavy atom. The van der Waals surface area contributed by atoms with Crippen molar-refractivity contribution in [3.8, 4) is 17.2 Å². The molecule has 220 valence electrons. The van der Waals surface area contributed by atoms with Crippen LogP contribution in [0, 0.1) is 17.8 Å². The summed E-state index contributed by atoms with van der Waals surface area (Å²) in [7, 11) is 1.56. The molecular formula is C32H35N3O7. The van der Waals surface area contributed by atoms with Crippen molar-refractivity contribution in [2.75, 3.05) is 19.2 Å². The van der Waals surface area contributed by atoms with Crippen molar-refractivity contribution in [2.45, 2.75) is 62.9 Å². The van der Waals surface area contributed by atoms with Crippen LogP contribution < -0.4 is 24.8 Å². The largest absolute Gasteiger partial charge is 0.497 e. The lowest BCUT2D eigenvalue weighted by atomic mass is 9.74. The van der Waals surface area contributed by atoms with E-state index in [0.29, 0.717) is 28.9 Å². The maximum Gasteiger partial charge on any atom is 0.246 e. The molecule has 2 N–H and O–H groups in total. The first kappa shape index (κ1) is 26.8. The summed E-state index contributed by atoms with van der Waals surface area (Å²) >= 11 is 0. The zero-order valence-corrected chi connectivity index (χ0v) is 23.7. The monoisotopic (exact) mass is 573 g/mol. The number of carbonyl (C=O) groups is 3. The second-order valence-corrected chi connectivity index (χ2v) is 12.0. The predicted molar refractivity (Wildman–Crippen MR) is 152 cm³/mol. The molecule has 3 fully saturated rings. The summed E-state index contributed by atoms with van der Waals surface area (Å²) in [5, 5.41) is 6.22. The van der Waals surface area contributed by atoms with E-state index in [1.54, 1.807) is 36.3 Å². The van der Waals surface area contributed by atoms with Crippen molar-refractivity contribution >= 4 is 23.4 Å². The van der Waals surface area contributed by atoms with Gasteiger partial charge in [0.2, 0.25) is 24.5 Å². The minimum atomic E-state index is -1.24. The Kier molecular flexibility index (Phi) is 6.61. The van der Waals surface area contributed by atoms with Gasteiger partial charge in [0, 0.05) is 24.3 Å². The van der Waals surface area contributed by atoms with E-state index >= 15 is 0 Å². The standard InChI is InChI=1S/C32H35N3O7/c1-18-6-3-4-9-22(18)34-30(37)28-32-13-12-24(42-32)26(29(36)33-20-7-5-8-21(15-20)39-2)27(32)31(38)35(28)16-19-10-11-23-25(14-19)41-17-40-23/h5,7-8,10-15,18,22,24,26-28H,3-4,6,9,16-17H2,1-2H3,(H,33,36)(H,34,37)/t18?,22?,24-,26?,27-,28?,32?/m1/s1. The fourth-order valence-electron chi connectivity index (χ4n) is 7.39. The lowest BCUT2D eigenvalue weighted by Crippen LogP contribution is -2.57. The van der Waals surface area contributed by atoms with Gasteiger partial charge >= 0.3 is 0 Å². The maximum atomic E-state index is 14.3. The molecule has 5 unspecified atom stereocenters. The third kappa shape index (κ3) is 4.31. The molecule has 7 rings (SSSR count). The Balaban J connectivity index is 1.21. The number of rotatable bonds is 7. The predicted octanol–water partition coefficient (Wildman–Crippen LogP) is 3.41. The molecule has 42 heavy (non-hydrogen) atoms. The lowest BCUT2D eigenvalue weighted by molar-refractivity contribution is -0.142. The molecule has 1 spiro atoms. The highest BCUT2D eigenvalue weighted by Crippen LogP contribution is 2.55. The van der Waals surface area contributed by atoms with Crippen LogP contribution >= 0.6 is 0 Å². The van der Waals surface area contributed by atoms with Gasteiger partial charge in [-0.25, -0.2) is 0 Å². The van der Waals surface area contributed by atoms with Gasteiger partial charge in [0.15, 0.2) is 11.5 Å². The van der Waals surface area contributed by atoms with Gasteiger partial charge in [0.1, 0.15) is 17.4 Å². The molecule has 10 heteroatoms. The molecule has 7 atom stereocenters. The molecule has 4 aliphatic heterocycles. The van der Waals surface area contributed by atoms with Crippen LogP contribution in [0.25, 0.3) is 0 Å². The molecule has 0 radical (unpaired) electrons. The first-order valence-electron chi connectivity index (χ1n) is 14.7. The van der Waals surface area contributed by atoms with Crippen LogP contribution in [-0.2, 0) is 25.7 Å². The summed E-state index contributed by atoms with van der Waals surface area (Å²) in [6.07, 6.45) is 7.21. The topological polar surface area (TPSA) is 115 Å². The number of ether oxygens (including phenoxy) is 4. The molecule has 2 bridgehead atoms. The Morgan fingerprint density at radius 3 is 2.74 bits per heavy atom. The maximum absolute atomic E-state index is 14.3. The molecule has 1 aliphatic carbocycles. The summed E-state index contributed by atoms with van der Waals surface area (Å²) in [5.41, 5.74) is 0.114. The van der Waals surface area contributed by atoms with Crippen LogP contribution in [0.2, 0.25) is 0 Å². The van der Waals surface area contributed by atoms with Crippen molar-refractivity contribution < 1.29 is 33.3 Å². The van der Waals surface area contributed by atoms with Gasteiger partial charge in [-0.15, -0.1) is 0 Å². The Morgan fingerprint density at radius 1 is 1.07 bits per heavy atom. The first-order valence-corrected chi connectivity index (χ1v) is 14.7. The molecule has 3 amide bonds. The molecule has 2 aromatic rings. The number of benzene rings is 2.